The fourth-order valence-corrected chi connectivity index (χ4v) is 3.43. The molecule has 0 radical (unpaired) electrons. The van der Waals surface area contributed by atoms with E-state index in [9.17, 15) is 9.59 Å². The minimum atomic E-state index is -0.245. The Morgan fingerprint density at radius 3 is 2.56 bits per heavy atom. The van der Waals surface area contributed by atoms with Crippen LogP contribution >= 0.6 is 11.3 Å². The molecule has 2 N–H and O–H groups in total. The van der Waals surface area contributed by atoms with Crippen molar-refractivity contribution >= 4 is 44.2 Å². The van der Waals surface area contributed by atoms with Crippen LogP contribution in [0.1, 0.15) is 37.0 Å². The smallest absolute Gasteiger partial charge is 0.257 e. The Labute approximate surface area is 161 Å². The molecule has 0 fully saturated rings. The fraction of sp³-hybridized carbons (Fsp3) is 0.250. The van der Waals surface area contributed by atoms with Crippen LogP contribution in [0.3, 0.4) is 0 Å². The van der Waals surface area contributed by atoms with Crippen molar-refractivity contribution in [3.05, 3.63) is 48.0 Å². The van der Waals surface area contributed by atoms with Gasteiger partial charge in [-0.05, 0) is 55.8 Å². The minimum Gasteiger partial charge on any atom is -0.494 e. The maximum atomic E-state index is 12.4. The first-order valence-corrected chi connectivity index (χ1v) is 9.65. The molecule has 0 bridgehead atoms. The van der Waals surface area contributed by atoms with E-state index in [1.165, 1.54) is 11.3 Å². The van der Waals surface area contributed by atoms with Crippen molar-refractivity contribution in [2.75, 3.05) is 17.2 Å². The number of fused-ring (bicyclic) bond motifs is 1. The second-order valence-corrected chi connectivity index (χ2v) is 6.94. The van der Waals surface area contributed by atoms with Gasteiger partial charge in [-0.3, -0.25) is 14.9 Å². The summed E-state index contributed by atoms with van der Waals surface area (Å²) in [6, 6.07) is 12.4. The van der Waals surface area contributed by atoms with E-state index in [1.54, 1.807) is 24.3 Å². The molecule has 0 unspecified atom stereocenters. The number of ether oxygens (including phenoxy) is 1. The molecule has 2 aromatic carbocycles. The van der Waals surface area contributed by atoms with Gasteiger partial charge >= 0.3 is 0 Å². The van der Waals surface area contributed by atoms with E-state index in [0.717, 1.165) is 22.4 Å². The summed E-state index contributed by atoms with van der Waals surface area (Å²) in [5.41, 5.74) is 1.99. The van der Waals surface area contributed by atoms with Crippen molar-refractivity contribution in [2.24, 2.45) is 0 Å². The highest BCUT2D eigenvalue weighted by molar-refractivity contribution is 7.22. The third-order valence-electron chi connectivity index (χ3n) is 3.80. The van der Waals surface area contributed by atoms with Crippen LogP contribution in [0.25, 0.3) is 10.2 Å². The largest absolute Gasteiger partial charge is 0.494 e. The fourth-order valence-electron chi connectivity index (χ4n) is 2.54. The zero-order chi connectivity index (χ0) is 19.2. The molecule has 0 aliphatic carbocycles. The summed E-state index contributed by atoms with van der Waals surface area (Å²) >= 11 is 1.40. The zero-order valence-electron chi connectivity index (χ0n) is 15.2. The molecule has 3 rings (SSSR count). The number of aromatic nitrogens is 1. The third kappa shape index (κ3) is 4.83. The van der Waals surface area contributed by atoms with Gasteiger partial charge in [0.15, 0.2) is 5.13 Å². The van der Waals surface area contributed by atoms with Gasteiger partial charge in [-0.15, -0.1) is 0 Å². The van der Waals surface area contributed by atoms with Crippen molar-refractivity contribution in [1.29, 1.82) is 0 Å². The van der Waals surface area contributed by atoms with Crippen LogP contribution < -0.4 is 15.4 Å². The second kappa shape index (κ2) is 8.64. The van der Waals surface area contributed by atoms with Crippen molar-refractivity contribution in [1.82, 2.24) is 4.98 Å². The topological polar surface area (TPSA) is 80.3 Å². The molecule has 3 aromatic rings. The van der Waals surface area contributed by atoms with Gasteiger partial charge in [0, 0.05) is 17.7 Å². The number of nitrogens with zero attached hydrogens (tertiary/aromatic N) is 1. The number of anilines is 2. The lowest BCUT2D eigenvalue weighted by Gasteiger charge is -2.06. The number of hydrogen-bond donors (Lipinski definition) is 2. The third-order valence-corrected chi connectivity index (χ3v) is 4.73. The molecule has 0 atom stereocenters. The lowest BCUT2D eigenvalue weighted by Crippen LogP contribution is -2.13. The van der Waals surface area contributed by atoms with E-state index in [2.05, 4.69) is 15.6 Å². The number of nitrogens with one attached hydrogen (secondary N) is 2. The van der Waals surface area contributed by atoms with Crippen molar-refractivity contribution < 1.29 is 14.3 Å². The van der Waals surface area contributed by atoms with Crippen LogP contribution in [-0.4, -0.2) is 23.4 Å². The van der Waals surface area contributed by atoms with E-state index in [-0.39, 0.29) is 11.8 Å². The molecule has 0 aliphatic rings. The summed E-state index contributed by atoms with van der Waals surface area (Å²) in [7, 11) is 0. The van der Waals surface area contributed by atoms with Crippen LogP contribution in [0, 0.1) is 0 Å². The van der Waals surface area contributed by atoms with E-state index in [4.69, 9.17) is 4.74 Å². The normalized spacial score (nSPS) is 10.6. The molecule has 1 aromatic heterocycles. The summed E-state index contributed by atoms with van der Waals surface area (Å²) < 4.78 is 6.44. The predicted molar refractivity (Wildman–Crippen MR) is 109 cm³/mol. The molecule has 2 amide bonds. The number of hydrogen-bond acceptors (Lipinski definition) is 5. The van der Waals surface area contributed by atoms with Crippen molar-refractivity contribution in [3.8, 4) is 5.75 Å². The minimum absolute atomic E-state index is 0.0319. The van der Waals surface area contributed by atoms with Crippen molar-refractivity contribution in [2.45, 2.75) is 26.7 Å². The number of benzene rings is 2. The van der Waals surface area contributed by atoms with E-state index in [1.807, 2.05) is 32.0 Å². The molecule has 0 saturated heterocycles. The quantitative estimate of drug-likeness (QED) is 0.620. The maximum absolute atomic E-state index is 12.4. The molecule has 27 heavy (non-hydrogen) atoms. The number of thiazole rings is 1. The van der Waals surface area contributed by atoms with E-state index < -0.39 is 0 Å². The molecule has 1 heterocycles. The summed E-state index contributed by atoms with van der Waals surface area (Å²) in [6.45, 7) is 4.48. The second-order valence-electron chi connectivity index (χ2n) is 5.91. The average Bonchev–Trinajstić information content (AvgIpc) is 3.04. The Bertz CT molecular complexity index is 951. The summed E-state index contributed by atoms with van der Waals surface area (Å²) in [6.07, 6.45) is 1.27. The molecular weight excluding hydrogens is 362 g/mol. The first-order valence-electron chi connectivity index (χ1n) is 8.83. The van der Waals surface area contributed by atoms with Gasteiger partial charge in [-0.2, -0.15) is 0 Å². The Kier molecular flexibility index (Phi) is 6.03. The predicted octanol–water partition coefficient (Wildman–Crippen LogP) is 4.69. The lowest BCUT2D eigenvalue weighted by atomic mass is 10.2. The van der Waals surface area contributed by atoms with Gasteiger partial charge in [0.25, 0.3) is 5.91 Å². The number of carbonyl (C=O) groups is 2. The monoisotopic (exact) mass is 383 g/mol. The summed E-state index contributed by atoms with van der Waals surface area (Å²) in [4.78, 5) is 28.5. The van der Waals surface area contributed by atoms with Gasteiger partial charge in [0.2, 0.25) is 5.91 Å². The van der Waals surface area contributed by atoms with Crippen LogP contribution in [0.5, 0.6) is 5.75 Å². The number of carbonyl (C=O) groups excluding carboxylic acids is 2. The zero-order valence-corrected chi connectivity index (χ0v) is 16.1. The van der Waals surface area contributed by atoms with Gasteiger partial charge in [-0.1, -0.05) is 18.3 Å². The highest BCUT2D eigenvalue weighted by Gasteiger charge is 2.11. The maximum Gasteiger partial charge on any atom is 0.257 e. The molecular formula is C20H21N3O3S. The lowest BCUT2D eigenvalue weighted by molar-refractivity contribution is -0.116. The van der Waals surface area contributed by atoms with Gasteiger partial charge in [0.1, 0.15) is 5.75 Å². The highest BCUT2D eigenvalue weighted by atomic mass is 32.1. The number of amides is 2. The highest BCUT2D eigenvalue weighted by Crippen LogP contribution is 2.29. The molecule has 140 valence electrons. The Morgan fingerprint density at radius 1 is 1.07 bits per heavy atom. The molecule has 0 saturated carbocycles. The Balaban J connectivity index is 1.67. The SMILES string of the molecule is CCCC(=O)Nc1ccc(C(=O)Nc2nc3ccc(OCC)cc3s2)cc1. The van der Waals surface area contributed by atoms with Gasteiger partial charge in [-0.25, -0.2) is 4.98 Å². The summed E-state index contributed by atoms with van der Waals surface area (Å²) in [5.74, 6) is 0.508. The molecule has 6 nitrogen and oxygen atoms in total. The standard InChI is InChI=1S/C20H21N3O3S/c1-3-5-18(24)21-14-8-6-13(7-9-14)19(25)23-20-22-16-11-10-15(26-4-2)12-17(16)27-20/h6-12H,3-5H2,1-2H3,(H,21,24)(H,22,23,25). The van der Waals surface area contributed by atoms with Crippen molar-refractivity contribution in [3.63, 3.8) is 0 Å². The van der Waals surface area contributed by atoms with Gasteiger partial charge in [0.05, 0.1) is 16.8 Å². The van der Waals surface area contributed by atoms with Crippen LogP contribution in [0.2, 0.25) is 0 Å². The van der Waals surface area contributed by atoms with Crippen LogP contribution in [0.15, 0.2) is 42.5 Å². The van der Waals surface area contributed by atoms with E-state index in [0.29, 0.717) is 29.4 Å². The van der Waals surface area contributed by atoms with Gasteiger partial charge < -0.3 is 10.1 Å². The molecule has 7 heteroatoms. The first-order chi connectivity index (χ1) is 13.1. The average molecular weight is 383 g/mol. The summed E-state index contributed by atoms with van der Waals surface area (Å²) in [5, 5.41) is 6.15. The number of rotatable bonds is 7. The van der Waals surface area contributed by atoms with Crippen LogP contribution in [0.4, 0.5) is 10.8 Å². The molecule has 0 aliphatic heterocycles. The van der Waals surface area contributed by atoms with Crippen LogP contribution in [-0.2, 0) is 4.79 Å². The Morgan fingerprint density at radius 2 is 1.85 bits per heavy atom. The Hall–Kier alpha value is -2.93. The molecule has 0 spiro atoms. The first kappa shape index (κ1) is 18.8. The van der Waals surface area contributed by atoms with E-state index >= 15 is 0 Å².